The summed E-state index contributed by atoms with van der Waals surface area (Å²) in [4.78, 5) is 17.0. The maximum Gasteiger partial charge on any atom is 0.150 e. The van der Waals surface area contributed by atoms with Crippen LogP contribution in [0.3, 0.4) is 0 Å². The van der Waals surface area contributed by atoms with E-state index in [2.05, 4.69) is 0 Å². The second-order valence-electron chi connectivity index (χ2n) is 9.94. The van der Waals surface area contributed by atoms with Gasteiger partial charge in [0.15, 0.2) is 0 Å². The number of methoxy groups -OCH3 is 1. The van der Waals surface area contributed by atoms with Crippen LogP contribution in [-0.2, 0) is 13.2 Å². The van der Waals surface area contributed by atoms with Gasteiger partial charge in [-0.15, -0.1) is 0 Å². The van der Waals surface area contributed by atoms with Crippen molar-refractivity contribution in [1.82, 2.24) is 9.55 Å². The molecule has 1 aromatic heterocycles. The standard InChI is InChI=1S/C37H30N2O4/c1-41-31-21-29(24-40)20-30(22-31)39-23-34(32-16-8-10-18-35(32)42-25-27-12-4-2-5-13-27)38-37(39)33-17-9-11-19-36(33)43-26-28-14-6-3-7-15-28/h2-24H,25-26H2,1H3. The Morgan fingerprint density at radius 2 is 1.23 bits per heavy atom. The van der Waals surface area contributed by atoms with Gasteiger partial charge in [0.05, 0.1) is 24.1 Å². The van der Waals surface area contributed by atoms with Crippen molar-refractivity contribution in [3.8, 4) is 45.6 Å². The number of aromatic nitrogens is 2. The Balaban J connectivity index is 1.45. The van der Waals surface area contributed by atoms with Crippen molar-refractivity contribution < 1.29 is 19.0 Å². The average molecular weight is 567 g/mol. The molecule has 1 heterocycles. The van der Waals surface area contributed by atoms with Crippen LogP contribution in [0.25, 0.3) is 28.3 Å². The van der Waals surface area contributed by atoms with Crippen molar-refractivity contribution in [2.75, 3.05) is 7.11 Å². The third-order valence-electron chi connectivity index (χ3n) is 7.03. The zero-order chi connectivity index (χ0) is 29.4. The Kier molecular flexibility index (Phi) is 8.27. The topological polar surface area (TPSA) is 62.6 Å². The molecule has 0 atom stereocenters. The maximum atomic E-state index is 11.8. The van der Waals surface area contributed by atoms with Gasteiger partial charge >= 0.3 is 0 Å². The van der Waals surface area contributed by atoms with Crippen molar-refractivity contribution in [2.45, 2.75) is 13.2 Å². The predicted octanol–water partition coefficient (Wildman–Crippen LogP) is 8.19. The number of hydrogen-bond acceptors (Lipinski definition) is 5. The molecule has 0 saturated carbocycles. The van der Waals surface area contributed by atoms with Gasteiger partial charge in [0.1, 0.15) is 42.6 Å². The summed E-state index contributed by atoms with van der Waals surface area (Å²) in [6, 6.07) is 41.2. The van der Waals surface area contributed by atoms with Crippen molar-refractivity contribution in [1.29, 1.82) is 0 Å². The Labute approximate surface area is 250 Å². The summed E-state index contributed by atoms with van der Waals surface area (Å²) < 4.78 is 20.1. The summed E-state index contributed by atoms with van der Waals surface area (Å²) in [7, 11) is 1.58. The fourth-order valence-electron chi connectivity index (χ4n) is 4.88. The van der Waals surface area contributed by atoms with Gasteiger partial charge in [-0.3, -0.25) is 9.36 Å². The third-order valence-corrected chi connectivity index (χ3v) is 7.03. The molecule has 0 saturated heterocycles. The fourth-order valence-corrected chi connectivity index (χ4v) is 4.88. The van der Waals surface area contributed by atoms with Crippen LogP contribution in [0, 0.1) is 0 Å². The molecule has 6 heteroatoms. The first-order chi connectivity index (χ1) is 21.2. The number of para-hydroxylation sites is 2. The van der Waals surface area contributed by atoms with E-state index in [1.165, 1.54) is 0 Å². The number of imidazole rings is 1. The van der Waals surface area contributed by atoms with Crippen LogP contribution in [0.15, 0.2) is 134 Å². The van der Waals surface area contributed by atoms with Crippen molar-refractivity contribution in [2.24, 2.45) is 0 Å². The SMILES string of the molecule is COc1cc(C=O)cc(-n2cc(-c3ccccc3OCc3ccccc3)nc2-c2ccccc2OCc2ccccc2)c1. The van der Waals surface area contributed by atoms with Gasteiger partial charge in [0, 0.05) is 23.4 Å². The van der Waals surface area contributed by atoms with Gasteiger partial charge < -0.3 is 14.2 Å². The summed E-state index contributed by atoms with van der Waals surface area (Å²) in [5, 5.41) is 0. The highest BCUT2D eigenvalue weighted by Gasteiger charge is 2.20. The van der Waals surface area contributed by atoms with Crippen LogP contribution < -0.4 is 14.2 Å². The molecule has 0 spiro atoms. The summed E-state index contributed by atoms with van der Waals surface area (Å²) in [5.41, 5.74) is 5.74. The van der Waals surface area contributed by atoms with Gasteiger partial charge in [-0.05, 0) is 47.5 Å². The summed E-state index contributed by atoms with van der Waals surface area (Å²) >= 11 is 0. The molecule has 212 valence electrons. The molecule has 0 aliphatic rings. The molecular weight excluding hydrogens is 536 g/mol. The zero-order valence-corrected chi connectivity index (χ0v) is 23.7. The number of ether oxygens (including phenoxy) is 3. The number of benzene rings is 5. The van der Waals surface area contributed by atoms with E-state index in [4.69, 9.17) is 19.2 Å². The summed E-state index contributed by atoms with van der Waals surface area (Å²) in [6.45, 7) is 0.843. The normalized spacial score (nSPS) is 10.7. The lowest BCUT2D eigenvalue weighted by Crippen LogP contribution is -2.01. The molecule has 5 aromatic carbocycles. The molecule has 6 aromatic rings. The molecular formula is C37H30N2O4. The third kappa shape index (κ3) is 6.34. The maximum absolute atomic E-state index is 11.8. The van der Waals surface area contributed by atoms with E-state index in [-0.39, 0.29) is 0 Å². The lowest BCUT2D eigenvalue weighted by Gasteiger charge is -2.14. The van der Waals surface area contributed by atoms with E-state index in [1.807, 2.05) is 132 Å². The number of aldehydes is 1. The molecule has 0 radical (unpaired) electrons. The lowest BCUT2D eigenvalue weighted by molar-refractivity contribution is 0.112. The van der Waals surface area contributed by atoms with Gasteiger partial charge in [-0.25, -0.2) is 4.98 Å². The first kappa shape index (κ1) is 27.5. The van der Waals surface area contributed by atoms with Crippen LogP contribution in [0.4, 0.5) is 0 Å². The van der Waals surface area contributed by atoms with Crippen molar-refractivity contribution in [3.63, 3.8) is 0 Å². The van der Waals surface area contributed by atoms with E-state index in [9.17, 15) is 4.79 Å². The Hall–Kier alpha value is -5.62. The number of carbonyl (C=O) groups is 1. The predicted molar refractivity (Wildman–Crippen MR) is 168 cm³/mol. The number of rotatable bonds is 11. The Morgan fingerprint density at radius 3 is 1.84 bits per heavy atom. The molecule has 0 aliphatic carbocycles. The van der Waals surface area contributed by atoms with Crippen LogP contribution >= 0.6 is 0 Å². The number of carbonyl (C=O) groups excluding carboxylic acids is 1. The zero-order valence-electron chi connectivity index (χ0n) is 23.7. The molecule has 0 aliphatic heterocycles. The highest BCUT2D eigenvalue weighted by Crippen LogP contribution is 2.37. The lowest BCUT2D eigenvalue weighted by atomic mass is 10.1. The molecule has 0 N–H and O–H groups in total. The second-order valence-corrected chi connectivity index (χ2v) is 9.94. The van der Waals surface area contributed by atoms with Gasteiger partial charge in [-0.2, -0.15) is 0 Å². The van der Waals surface area contributed by atoms with E-state index >= 15 is 0 Å². The van der Waals surface area contributed by atoms with Gasteiger partial charge in [0.2, 0.25) is 0 Å². The first-order valence-electron chi connectivity index (χ1n) is 14.0. The molecule has 6 rings (SSSR count). The summed E-state index contributed by atoms with van der Waals surface area (Å²) in [6.07, 6.45) is 2.77. The van der Waals surface area contributed by atoms with E-state index in [0.29, 0.717) is 41.8 Å². The molecule has 0 fully saturated rings. The minimum absolute atomic E-state index is 0.413. The molecule has 43 heavy (non-hydrogen) atoms. The van der Waals surface area contributed by atoms with E-state index < -0.39 is 0 Å². The van der Waals surface area contributed by atoms with Crippen LogP contribution in [0.5, 0.6) is 17.2 Å². The molecule has 6 nitrogen and oxygen atoms in total. The summed E-state index contributed by atoms with van der Waals surface area (Å²) in [5.74, 6) is 2.63. The first-order valence-corrected chi connectivity index (χ1v) is 14.0. The van der Waals surface area contributed by atoms with E-state index in [0.717, 1.165) is 40.0 Å². The molecule has 0 unspecified atom stereocenters. The minimum Gasteiger partial charge on any atom is -0.497 e. The average Bonchev–Trinajstić information content (AvgIpc) is 3.52. The Bertz CT molecular complexity index is 1830. The van der Waals surface area contributed by atoms with Gasteiger partial charge in [0.25, 0.3) is 0 Å². The minimum atomic E-state index is 0.413. The highest BCUT2D eigenvalue weighted by atomic mass is 16.5. The number of hydrogen-bond donors (Lipinski definition) is 0. The number of nitrogens with zero attached hydrogens (tertiary/aromatic N) is 2. The van der Waals surface area contributed by atoms with Crippen molar-refractivity contribution >= 4 is 6.29 Å². The van der Waals surface area contributed by atoms with Crippen molar-refractivity contribution in [3.05, 3.63) is 150 Å². The quantitative estimate of drug-likeness (QED) is 0.148. The highest BCUT2D eigenvalue weighted by molar-refractivity contribution is 5.79. The Morgan fingerprint density at radius 1 is 0.674 bits per heavy atom. The smallest absolute Gasteiger partial charge is 0.150 e. The van der Waals surface area contributed by atoms with Crippen LogP contribution in [0.1, 0.15) is 21.5 Å². The second kappa shape index (κ2) is 12.9. The van der Waals surface area contributed by atoms with Crippen LogP contribution in [-0.4, -0.2) is 22.9 Å². The largest absolute Gasteiger partial charge is 0.497 e. The fraction of sp³-hybridized carbons (Fsp3) is 0.0811. The van der Waals surface area contributed by atoms with Gasteiger partial charge in [-0.1, -0.05) is 84.9 Å². The van der Waals surface area contributed by atoms with Crippen LogP contribution in [0.2, 0.25) is 0 Å². The molecule has 0 amide bonds. The molecule has 0 bridgehead atoms. The monoisotopic (exact) mass is 566 g/mol. The van der Waals surface area contributed by atoms with E-state index in [1.54, 1.807) is 13.2 Å².